The number of rotatable bonds is 9. The van der Waals surface area contributed by atoms with Crippen LogP contribution in [0.1, 0.15) is 24.2 Å². The van der Waals surface area contributed by atoms with Crippen LogP contribution in [-0.4, -0.2) is 49.2 Å². The van der Waals surface area contributed by atoms with Crippen LogP contribution in [0, 0.1) is 15.9 Å². The first kappa shape index (κ1) is 25.2. The second-order valence-electron chi connectivity index (χ2n) is 6.28. The van der Waals surface area contributed by atoms with Crippen molar-refractivity contribution < 1.29 is 32.1 Å². The van der Waals surface area contributed by atoms with Gasteiger partial charge in [0.25, 0.3) is 11.6 Å². The number of nitrogens with zero attached hydrogens (tertiary/aromatic N) is 2. The molecule has 13 heteroatoms. The van der Waals surface area contributed by atoms with Crippen LogP contribution in [0.3, 0.4) is 0 Å². The Balaban J connectivity index is 2.12. The number of esters is 1. The molecule has 0 aliphatic rings. The third-order valence-electron chi connectivity index (χ3n) is 4.26. The van der Waals surface area contributed by atoms with Crippen molar-refractivity contribution in [1.82, 2.24) is 4.31 Å². The summed E-state index contributed by atoms with van der Waals surface area (Å²) in [6.45, 7) is 2.78. The number of nitro benzene ring substituents is 1. The van der Waals surface area contributed by atoms with Crippen LogP contribution in [0.25, 0.3) is 0 Å². The van der Waals surface area contributed by atoms with E-state index in [0.29, 0.717) is 0 Å². The number of carbonyl (C=O) groups is 2. The molecule has 0 spiro atoms. The lowest BCUT2D eigenvalue weighted by atomic mass is 10.2. The molecule has 2 rings (SSSR count). The first-order valence-electron chi connectivity index (χ1n) is 9.21. The molecule has 0 aliphatic carbocycles. The molecule has 0 saturated heterocycles. The van der Waals surface area contributed by atoms with Gasteiger partial charge in [-0.15, -0.1) is 0 Å². The van der Waals surface area contributed by atoms with Gasteiger partial charge in [-0.3, -0.25) is 14.9 Å². The third-order valence-corrected chi connectivity index (χ3v) is 6.63. The van der Waals surface area contributed by atoms with E-state index in [4.69, 9.17) is 16.3 Å². The zero-order valence-electron chi connectivity index (χ0n) is 17.0. The lowest BCUT2D eigenvalue weighted by molar-refractivity contribution is -0.384. The Bertz CT molecular complexity index is 1150. The molecular weight excluding hydrogens is 469 g/mol. The minimum absolute atomic E-state index is 0.0284. The SMILES string of the molecule is CCN(CC)S(=O)(=O)c1ccc(F)c(C(=O)OCC(=O)Nc2ccc(Cl)c([N+](=O)[O-])c2)c1. The van der Waals surface area contributed by atoms with Crippen LogP contribution < -0.4 is 5.32 Å². The standard InChI is InChI=1S/C19H19ClFN3O7S/c1-3-23(4-2)32(29,30)13-6-8-16(21)14(10-13)19(26)31-11-18(25)22-12-5-7-15(20)17(9-12)24(27)28/h5-10H,3-4,11H2,1-2H3,(H,22,25). The zero-order chi connectivity index (χ0) is 24.1. The first-order chi connectivity index (χ1) is 15.0. The van der Waals surface area contributed by atoms with Crippen LogP contribution in [0.4, 0.5) is 15.8 Å². The van der Waals surface area contributed by atoms with E-state index < -0.39 is 50.5 Å². The molecule has 32 heavy (non-hydrogen) atoms. The number of hydrogen-bond donors (Lipinski definition) is 1. The topological polar surface area (TPSA) is 136 Å². The molecule has 0 aliphatic heterocycles. The van der Waals surface area contributed by atoms with Gasteiger partial charge in [-0.25, -0.2) is 17.6 Å². The molecule has 10 nitrogen and oxygen atoms in total. The fourth-order valence-corrected chi connectivity index (χ4v) is 4.34. The molecule has 172 valence electrons. The molecule has 0 unspecified atom stereocenters. The van der Waals surface area contributed by atoms with Crippen molar-refractivity contribution in [2.45, 2.75) is 18.7 Å². The third kappa shape index (κ3) is 5.78. The van der Waals surface area contributed by atoms with Gasteiger partial charge in [0.15, 0.2) is 6.61 Å². The van der Waals surface area contributed by atoms with Crippen molar-refractivity contribution >= 4 is 44.9 Å². The van der Waals surface area contributed by atoms with Crippen LogP contribution in [-0.2, 0) is 19.6 Å². The lowest BCUT2D eigenvalue weighted by Crippen LogP contribution is -2.30. The number of amides is 1. The minimum atomic E-state index is -3.95. The van der Waals surface area contributed by atoms with Crippen LogP contribution in [0.5, 0.6) is 0 Å². The monoisotopic (exact) mass is 487 g/mol. The molecule has 0 saturated carbocycles. The maximum atomic E-state index is 14.1. The van der Waals surface area contributed by atoms with E-state index in [2.05, 4.69) is 5.32 Å². The summed E-state index contributed by atoms with van der Waals surface area (Å²) < 4.78 is 45.2. The number of sulfonamides is 1. The van der Waals surface area contributed by atoms with Gasteiger partial charge in [0.2, 0.25) is 10.0 Å². The summed E-state index contributed by atoms with van der Waals surface area (Å²) in [6.07, 6.45) is 0. The predicted octanol–water partition coefficient (Wildman–Crippen LogP) is 3.21. The maximum absolute atomic E-state index is 14.1. The van der Waals surface area contributed by atoms with E-state index in [1.807, 2.05) is 0 Å². The van der Waals surface area contributed by atoms with Gasteiger partial charge in [-0.2, -0.15) is 4.31 Å². The smallest absolute Gasteiger partial charge is 0.341 e. The fourth-order valence-electron chi connectivity index (χ4n) is 2.67. The van der Waals surface area contributed by atoms with E-state index in [-0.39, 0.29) is 28.7 Å². The lowest BCUT2D eigenvalue weighted by Gasteiger charge is -2.18. The van der Waals surface area contributed by atoms with Gasteiger partial charge < -0.3 is 10.1 Å². The van der Waals surface area contributed by atoms with Gasteiger partial charge in [-0.1, -0.05) is 25.4 Å². The Kier molecular flexibility index (Phi) is 8.25. The number of hydrogen-bond acceptors (Lipinski definition) is 7. The molecule has 2 aromatic rings. The Morgan fingerprint density at radius 3 is 2.44 bits per heavy atom. The van der Waals surface area contributed by atoms with Gasteiger partial charge in [-0.05, 0) is 30.3 Å². The average molecular weight is 488 g/mol. The Morgan fingerprint density at radius 2 is 1.84 bits per heavy atom. The minimum Gasteiger partial charge on any atom is -0.452 e. The summed E-state index contributed by atoms with van der Waals surface area (Å²) in [5.41, 5.74) is -1.07. The quantitative estimate of drug-likeness (QED) is 0.326. The highest BCUT2D eigenvalue weighted by atomic mass is 35.5. The highest BCUT2D eigenvalue weighted by Crippen LogP contribution is 2.27. The first-order valence-corrected chi connectivity index (χ1v) is 11.0. The number of carbonyl (C=O) groups excluding carboxylic acids is 2. The number of nitro groups is 1. The number of anilines is 1. The molecular formula is C19H19ClFN3O7S. The van der Waals surface area contributed by atoms with E-state index in [1.54, 1.807) is 13.8 Å². The number of nitrogens with one attached hydrogen (secondary N) is 1. The normalized spacial score (nSPS) is 11.3. The van der Waals surface area contributed by atoms with Gasteiger partial charge in [0.05, 0.1) is 15.4 Å². The van der Waals surface area contributed by atoms with Gasteiger partial charge in [0, 0.05) is 24.8 Å². The van der Waals surface area contributed by atoms with E-state index in [0.717, 1.165) is 28.6 Å². The molecule has 1 amide bonds. The van der Waals surface area contributed by atoms with Crippen molar-refractivity contribution in [2.75, 3.05) is 25.0 Å². The molecule has 0 fully saturated rings. The molecule has 2 aromatic carbocycles. The van der Waals surface area contributed by atoms with Crippen molar-refractivity contribution in [3.63, 3.8) is 0 Å². The fraction of sp³-hybridized carbons (Fsp3) is 0.263. The van der Waals surface area contributed by atoms with Crippen molar-refractivity contribution in [1.29, 1.82) is 0 Å². The second-order valence-corrected chi connectivity index (χ2v) is 8.62. The Hall–Kier alpha value is -3.09. The van der Waals surface area contributed by atoms with Crippen LogP contribution in [0.15, 0.2) is 41.3 Å². The van der Waals surface area contributed by atoms with E-state index in [9.17, 15) is 32.5 Å². The van der Waals surface area contributed by atoms with Crippen molar-refractivity contribution in [3.8, 4) is 0 Å². The average Bonchev–Trinajstić information content (AvgIpc) is 2.74. The number of ether oxygens (including phenoxy) is 1. The Labute approximate surface area is 188 Å². The molecule has 0 atom stereocenters. The summed E-state index contributed by atoms with van der Waals surface area (Å²) in [7, 11) is -3.95. The largest absolute Gasteiger partial charge is 0.452 e. The highest BCUT2D eigenvalue weighted by Gasteiger charge is 2.25. The summed E-state index contributed by atoms with van der Waals surface area (Å²) in [6, 6.07) is 6.21. The van der Waals surface area contributed by atoms with Crippen LogP contribution in [0.2, 0.25) is 5.02 Å². The van der Waals surface area contributed by atoms with Crippen molar-refractivity contribution in [3.05, 3.63) is 62.9 Å². The maximum Gasteiger partial charge on any atom is 0.341 e. The molecule has 0 aromatic heterocycles. The number of benzene rings is 2. The van der Waals surface area contributed by atoms with Crippen molar-refractivity contribution in [2.24, 2.45) is 0 Å². The molecule has 0 radical (unpaired) electrons. The van der Waals surface area contributed by atoms with Gasteiger partial charge in [0.1, 0.15) is 10.8 Å². The number of halogens is 2. The van der Waals surface area contributed by atoms with Crippen LogP contribution >= 0.6 is 11.6 Å². The zero-order valence-corrected chi connectivity index (χ0v) is 18.6. The summed E-state index contributed by atoms with van der Waals surface area (Å²) in [4.78, 5) is 34.1. The van der Waals surface area contributed by atoms with E-state index in [1.165, 1.54) is 12.1 Å². The Morgan fingerprint density at radius 1 is 1.19 bits per heavy atom. The summed E-state index contributed by atoms with van der Waals surface area (Å²) >= 11 is 5.69. The second kappa shape index (κ2) is 10.5. The molecule has 0 bridgehead atoms. The van der Waals surface area contributed by atoms with E-state index >= 15 is 0 Å². The molecule has 0 heterocycles. The summed E-state index contributed by atoms with van der Waals surface area (Å²) in [5.74, 6) is -3.14. The molecule has 1 N–H and O–H groups in total. The highest BCUT2D eigenvalue weighted by molar-refractivity contribution is 7.89. The van der Waals surface area contributed by atoms with Gasteiger partial charge >= 0.3 is 5.97 Å². The predicted molar refractivity (Wildman–Crippen MR) is 114 cm³/mol. The summed E-state index contributed by atoms with van der Waals surface area (Å²) in [5, 5.41) is 13.0.